The fraction of sp³-hybridized carbons (Fsp3) is 0.391. The Morgan fingerprint density at radius 2 is 1.79 bits per heavy atom. The molecule has 2 aromatic heterocycles. The number of carbonyl (C=O) groups is 1. The Hall–Kier alpha value is -3.17. The molecule has 9 nitrogen and oxygen atoms in total. The van der Waals surface area contributed by atoms with Crippen LogP contribution in [0.1, 0.15) is 18.3 Å². The topological polar surface area (TPSA) is 88.3 Å². The maximum atomic E-state index is 12.9. The molecule has 0 aliphatic carbocycles. The molecule has 1 aliphatic rings. The Balaban J connectivity index is 1.42. The van der Waals surface area contributed by atoms with Crippen molar-refractivity contribution in [2.75, 3.05) is 36.4 Å². The maximum Gasteiger partial charge on any atom is 0.292 e. The number of aryl methyl sites for hydroxylation is 2. The molecule has 1 aliphatic heterocycles. The molecular formula is C23H28ClN7O2. The van der Waals surface area contributed by atoms with Gasteiger partial charge in [-0.15, -0.1) is 0 Å². The van der Waals surface area contributed by atoms with Crippen molar-refractivity contribution in [2.45, 2.75) is 26.8 Å². The number of rotatable bonds is 5. The SMILES string of the molecule is Cc1nn(C)c(C)c1NC(=O)[C@@H](C)N1CCN(c2cnn(-c3ccccc3)c(=O)c2Cl)CC1. The standard InChI is InChI=1S/C23H28ClN7O2/c1-15-21(16(2)28(4)27-15)26-22(32)17(3)29-10-12-30(13-11-29)19-14-25-31(23(33)20(19)24)18-8-6-5-7-9-18/h5-9,14,17H,10-13H2,1-4H3,(H,26,32)/t17-/m1/s1. The summed E-state index contributed by atoms with van der Waals surface area (Å²) >= 11 is 6.45. The third kappa shape index (κ3) is 4.51. The van der Waals surface area contributed by atoms with Gasteiger partial charge >= 0.3 is 0 Å². The Morgan fingerprint density at radius 1 is 1.12 bits per heavy atom. The van der Waals surface area contributed by atoms with Gasteiger partial charge in [-0.2, -0.15) is 14.9 Å². The van der Waals surface area contributed by atoms with Crippen LogP contribution >= 0.6 is 11.6 Å². The van der Waals surface area contributed by atoms with E-state index in [0.717, 1.165) is 17.1 Å². The van der Waals surface area contributed by atoms with Gasteiger partial charge < -0.3 is 10.2 Å². The predicted molar refractivity (Wildman–Crippen MR) is 129 cm³/mol. The van der Waals surface area contributed by atoms with Crippen LogP contribution < -0.4 is 15.8 Å². The number of nitrogens with zero attached hydrogens (tertiary/aromatic N) is 6. The molecule has 4 rings (SSSR count). The molecule has 1 amide bonds. The van der Waals surface area contributed by atoms with E-state index in [-0.39, 0.29) is 22.5 Å². The van der Waals surface area contributed by atoms with Crippen LogP contribution in [0.15, 0.2) is 41.3 Å². The van der Waals surface area contributed by atoms with Gasteiger partial charge in [0.2, 0.25) is 5.91 Å². The van der Waals surface area contributed by atoms with Gasteiger partial charge in [0.15, 0.2) is 0 Å². The quantitative estimate of drug-likeness (QED) is 0.617. The first-order valence-electron chi connectivity index (χ1n) is 10.9. The van der Waals surface area contributed by atoms with Gasteiger partial charge in [0.1, 0.15) is 5.02 Å². The van der Waals surface area contributed by atoms with Crippen LogP contribution in [0, 0.1) is 13.8 Å². The molecule has 1 aromatic carbocycles. The smallest absolute Gasteiger partial charge is 0.292 e. The highest BCUT2D eigenvalue weighted by molar-refractivity contribution is 6.33. The number of para-hydroxylation sites is 1. The molecule has 0 unspecified atom stereocenters. The van der Waals surface area contributed by atoms with Gasteiger partial charge in [-0.05, 0) is 32.9 Å². The van der Waals surface area contributed by atoms with Crippen molar-refractivity contribution < 1.29 is 4.79 Å². The molecule has 0 bridgehead atoms. The number of hydrogen-bond donors (Lipinski definition) is 1. The zero-order valence-corrected chi connectivity index (χ0v) is 20.0. The van der Waals surface area contributed by atoms with E-state index < -0.39 is 0 Å². The molecule has 3 heterocycles. The summed E-state index contributed by atoms with van der Waals surface area (Å²) in [6, 6.07) is 8.89. The van der Waals surface area contributed by atoms with E-state index >= 15 is 0 Å². The molecule has 0 radical (unpaired) electrons. The summed E-state index contributed by atoms with van der Waals surface area (Å²) < 4.78 is 3.06. The summed E-state index contributed by atoms with van der Waals surface area (Å²) in [5.74, 6) is -0.0622. The third-order valence-corrected chi connectivity index (χ3v) is 6.60. The molecule has 174 valence electrons. The number of carbonyl (C=O) groups excluding carboxylic acids is 1. The molecule has 10 heteroatoms. The molecule has 33 heavy (non-hydrogen) atoms. The minimum atomic E-state index is -0.349. The van der Waals surface area contributed by atoms with Crippen LogP contribution in [0.2, 0.25) is 5.02 Å². The lowest BCUT2D eigenvalue weighted by Gasteiger charge is -2.38. The zero-order chi connectivity index (χ0) is 23.7. The molecular weight excluding hydrogens is 442 g/mol. The second kappa shape index (κ2) is 9.36. The van der Waals surface area contributed by atoms with Crippen molar-refractivity contribution in [3.8, 4) is 5.69 Å². The Bertz CT molecular complexity index is 1210. The first-order chi connectivity index (χ1) is 15.8. The zero-order valence-electron chi connectivity index (χ0n) is 19.2. The number of nitrogens with one attached hydrogen (secondary N) is 1. The van der Waals surface area contributed by atoms with E-state index in [1.165, 1.54) is 4.68 Å². The molecule has 1 saturated heterocycles. The van der Waals surface area contributed by atoms with E-state index in [9.17, 15) is 9.59 Å². The number of aromatic nitrogens is 4. The van der Waals surface area contributed by atoms with E-state index in [2.05, 4.69) is 20.4 Å². The number of anilines is 2. The molecule has 1 fully saturated rings. The number of halogens is 1. The lowest BCUT2D eigenvalue weighted by Crippen LogP contribution is -2.53. The number of hydrogen-bond acceptors (Lipinski definition) is 6. The minimum Gasteiger partial charge on any atom is -0.366 e. The van der Waals surface area contributed by atoms with Crippen molar-refractivity contribution >= 4 is 28.9 Å². The lowest BCUT2D eigenvalue weighted by atomic mass is 10.2. The van der Waals surface area contributed by atoms with Crippen molar-refractivity contribution in [1.29, 1.82) is 0 Å². The predicted octanol–water partition coefficient (Wildman–Crippen LogP) is 2.39. The van der Waals surface area contributed by atoms with Crippen molar-refractivity contribution in [1.82, 2.24) is 24.5 Å². The van der Waals surface area contributed by atoms with E-state index in [1.54, 1.807) is 10.9 Å². The van der Waals surface area contributed by atoms with Crippen LogP contribution in [-0.4, -0.2) is 62.6 Å². The van der Waals surface area contributed by atoms with Gasteiger partial charge in [-0.25, -0.2) is 0 Å². The highest BCUT2D eigenvalue weighted by Crippen LogP contribution is 2.24. The van der Waals surface area contributed by atoms with Gasteiger partial charge in [-0.1, -0.05) is 29.8 Å². The van der Waals surface area contributed by atoms with Crippen LogP contribution in [-0.2, 0) is 11.8 Å². The molecule has 3 aromatic rings. The van der Waals surface area contributed by atoms with Crippen molar-refractivity contribution in [3.63, 3.8) is 0 Å². The number of benzene rings is 1. The third-order valence-electron chi connectivity index (χ3n) is 6.24. The van der Waals surface area contributed by atoms with E-state index in [1.807, 2.05) is 63.1 Å². The fourth-order valence-electron chi connectivity index (χ4n) is 4.10. The summed E-state index contributed by atoms with van der Waals surface area (Å²) in [4.78, 5) is 29.8. The van der Waals surface area contributed by atoms with E-state index in [4.69, 9.17) is 11.6 Å². The molecule has 0 spiro atoms. The maximum absolute atomic E-state index is 12.9. The Morgan fingerprint density at radius 3 is 2.39 bits per heavy atom. The first-order valence-corrected chi connectivity index (χ1v) is 11.3. The van der Waals surface area contributed by atoms with Crippen LogP contribution in [0.25, 0.3) is 5.69 Å². The van der Waals surface area contributed by atoms with Crippen molar-refractivity contribution in [2.24, 2.45) is 7.05 Å². The molecule has 1 atom stereocenters. The van der Waals surface area contributed by atoms with Crippen LogP contribution in [0.3, 0.4) is 0 Å². The Kier molecular flexibility index (Phi) is 6.53. The van der Waals surface area contributed by atoms with Gasteiger partial charge in [-0.3, -0.25) is 19.2 Å². The first kappa shape index (κ1) is 23.0. The largest absolute Gasteiger partial charge is 0.366 e. The van der Waals surface area contributed by atoms with Crippen LogP contribution in [0.4, 0.5) is 11.4 Å². The normalized spacial score (nSPS) is 15.5. The summed E-state index contributed by atoms with van der Waals surface area (Å²) in [6.45, 7) is 8.33. The molecule has 1 N–H and O–H groups in total. The van der Waals surface area contributed by atoms with E-state index in [0.29, 0.717) is 37.6 Å². The summed E-state index contributed by atoms with van der Waals surface area (Å²) in [7, 11) is 1.86. The van der Waals surface area contributed by atoms with Gasteiger partial charge in [0.05, 0.1) is 40.7 Å². The lowest BCUT2D eigenvalue weighted by molar-refractivity contribution is -0.120. The summed E-state index contributed by atoms with van der Waals surface area (Å²) in [6.07, 6.45) is 1.64. The average Bonchev–Trinajstić information content (AvgIpc) is 3.07. The van der Waals surface area contributed by atoms with Crippen molar-refractivity contribution in [3.05, 3.63) is 63.3 Å². The second-order valence-electron chi connectivity index (χ2n) is 8.25. The minimum absolute atomic E-state index is 0.0622. The monoisotopic (exact) mass is 469 g/mol. The van der Waals surface area contributed by atoms with Crippen LogP contribution in [0.5, 0.6) is 0 Å². The Labute approximate surface area is 197 Å². The fourth-order valence-corrected chi connectivity index (χ4v) is 4.34. The average molecular weight is 470 g/mol. The highest BCUT2D eigenvalue weighted by Gasteiger charge is 2.28. The van der Waals surface area contributed by atoms with Gasteiger partial charge in [0.25, 0.3) is 5.56 Å². The summed E-state index contributed by atoms with van der Waals surface area (Å²) in [5, 5.41) is 11.9. The van der Waals surface area contributed by atoms with Gasteiger partial charge in [0, 0.05) is 33.2 Å². The molecule has 0 saturated carbocycles. The number of amides is 1. The highest BCUT2D eigenvalue weighted by atomic mass is 35.5. The second-order valence-corrected chi connectivity index (χ2v) is 8.63. The number of piperazine rings is 1. The summed E-state index contributed by atoms with van der Waals surface area (Å²) in [5.41, 5.74) is 3.42.